The molecule has 0 aliphatic heterocycles. The minimum Gasteiger partial charge on any atom is -0.456 e. The van der Waals surface area contributed by atoms with Crippen molar-refractivity contribution in [2.45, 2.75) is 0 Å². The molecule has 0 radical (unpaired) electrons. The Morgan fingerprint density at radius 1 is 0.298 bits per heavy atom. The molecule has 0 bridgehead atoms. The zero-order chi connectivity index (χ0) is 37.7. The molecule has 0 saturated carbocycles. The summed E-state index contributed by atoms with van der Waals surface area (Å²) in [5.41, 5.74) is 15.8. The molecule has 0 N–H and O–H groups in total. The van der Waals surface area contributed by atoms with Gasteiger partial charge in [-0.3, -0.25) is 0 Å². The summed E-state index contributed by atoms with van der Waals surface area (Å²) in [7, 11) is 0. The van der Waals surface area contributed by atoms with Gasteiger partial charge in [-0.05, 0) is 99.6 Å². The van der Waals surface area contributed by atoms with Crippen molar-refractivity contribution < 1.29 is 8.83 Å². The van der Waals surface area contributed by atoms with Crippen LogP contribution in [0.2, 0.25) is 0 Å². The second kappa shape index (κ2) is 13.6. The van der Waals surface area contributed by atoms with Crippen LogP contribution in [0, 0.1) is 0 Å². The van der Waals surface area contributed by atoms with Crippen molar-refractivity contribution in [3.05, 3.63) is 212 Å². The van der Waals surface area contributed by atoms with E-state index in [1.54, 1.807) is 0 Å². The van der Waals surface area contributed by atoms with Gasteiger partial charge in [0.05, 0.1) is 11.1 Å². The first-order valence-corrected chi connectivity index (χ1v) is 19.3. The Hall–Kier alpha value is -7.62. The van der Waals surface area contributed by atoms with Crippen LogP contribution in [-0.4, -0.2) is 0 Å². The molecule has 11 aromatic rings. The Morgan fingerprint density at radius 2 is 0.825 bits per heavy atom. The SMILES string of the molecule is c1ccc(-c2ccc(-c3ccc(N(c4ccc5oc6cc(-c7ccccc7)ccc6c5c4)c4ccc(-c5ccccc5)c5oc6ccccc6c45)cc3)cc2)cc1. The van der Waals surface area contributed by atoms with Crippen molar-refractivity contribution in [1.82, 2.24) is 0 Å². The summed E-state index contributed by atoms with van der Waals surface area (Å²) in [6.45, 7) is 0. The van der Waals surface area contributed by atoms with Gasteiger partial charge in [0.25, 0.3) is 0 Å². The molecule has 3 heteroatoms. The first kappa shape index (κ1) is 32.8. The van der Waals surface area contributed by atoms with E-state index in [1.807, 2.05) is 12.1 Å². The number of fused-ring (bicyclic) bond motifs is 6. The second-order valence-electron chi connectivity index (χ2n) is 14.5. The van der Waals surface area contributed by atoms with Crippen molar-refractivity contribution in [3.63, 3.8) is 0 Å². The van der Waals surface area contributed by atoms with Crippen LogP contribution in [0.5, 0.6) is 0 Å². The van der Waals surface area contributed by atoms with Crippen LogP contribution in [0.15, 0.2) is 221 Å². The van der Waals surface area contributed by atoms with Gasteiger partial charge in [0.1, 0.15) is 22.3 Å². The van der Waals surface area contributed by atoms with E-state index >= 15 is 0 Å². The monoisotopic (exact) mass is 729 g/mol. The highest BCUT2D eigenvalue weighted by Gasteiger charge is 2.23. The maximum atomic E-state index is 6.74. The first-order valence-electron chi connectivity index (χ1n) is 19.3. The molecule has 11 rings (SSSR count). The molecule has 0 aliphatic rings. The fraction of sp³-hybridized carbons (Fsp3) is 0. The van der Waals surface area contributed by atoms with Crippen molar-refractivity contribution in [1.29, 1.82) is 0 Å². The number of furan rings is 2. The number of nitrogens with zero attached hydrogens (tertiary/aromatic N) is 1. The molecule has 2 heterocycles. The zero-order valence-corrected chi connectivity index (χ0v) is 31.0. The topological polar surface area (TPSA) is 29.5 Å². The molecule has 0 fully saturated rings. The fourth-order valence-electron chi connectivity index (χ4n) is 8.27. The minimum absolute atomic E-state index is 0.853. The van der Waals surface area contributed by atoms with Gasteiger partial charge in [0.15, 0.2) is 0 Å². The van der Waals surface area contributed by atoms with Gasteiger partial charge in [-0.2, -0.15) is 0 Å². The smallest absolute Gasteiger partial charge is 0.145 e. The van der Waals surface area contributed by atoms with E-state index in [0.29, 0.717) is 0 Å². The summed E-state index contributed by atoms with van der Waals surface area (Å²) in [6, 6.07) is 75.0. The van der Waals surface area contributed by atoms with Gasteiger partial charge in [-0.25, -0.2) is 0 Å². The van der Waals surface area contributed by atoms with E-state index in [4.69, 9.17) is 8.83 Å². The van der Waals surface area contributed by atoms with Gasteiger partial charge in [0, 0.05) is 33.1 Å². The van der Waals surface area contributed by atoms with E-state index in [2.05, 4.69) is 205 Å². The summed E-state index contributed by atoms with van der Waals surface area (Å²) in [4.78, 5) is 2.36. The van der Waals surface area contributed by atoms with Gasteiger partial charge in [-0.1, -0.05) is 152 Å². The normalized spacial score (nSPS) is 11.5. The minimum atomic E-state index is 0.853. The molecule has 0 atom stereocenters. The quantitative estimate of drug-likeness (QED) is 0.164. The lowest BCUT2D eigenvalue weighted by Gasteiger charge is -2.27. The summed E-state index contributed by atoms with van der Waals surface area (Å²) in [6.07, 6.45) is 0. The van der Waals surface area contributed by atoms with Gasteiger partial charge in [-0.15, -0.1) is 0 Å². The Balaban J connectivity index is 1.08. The van der Waals surface area contributed by atoms with E-state index in [9.17, 15) is 0 Å². The highest BCUT2D eigenvalue weighted by Crippen LogP contribution is 2.47. The first-order chi connectivity index (χ1) is 28.2. The number of rotatable bonds is 7. The van der Waals surface area contributed by atoms with E-state index in [-0.39, 0.29) is 0 Å². The van der Waals surface area contributed by atoms with Gasteiger partial charge < -0.3 is 13.7 Å². The van der Waals surface area contributed by atoms with Crippen LogP contribution >= 0.6 is 0 Å². The lowest BCUT2D eigenvalue weighted by atomic mass is 9.98. The number of hydrogen-bond donors (Lipinski definition) is 0. The Labute approximate surface area is 330 Å². The highest BCUT2D eigenvalue weighted by atomic mass is 16.3. The van der Waals surface area contributed by atoms with E-state index in [1.165, 1.54) is 16.7 Å². The van der Waals surface area contributed by atoms with Gasteiger partial charge >= 0.3 is 0 Å². The molecule has 2 aromatic heterocycles. The summed E-state index contributed by atoms with van der Waals surface area (Å²) in [5.74, 6) is 0. The molecule has 3 nitrogen and oxygen atoms in total. The Morgan fingerprint density at radius 3 is 1.51 bits per heavy atom. The summed E-state index contributed by atoms with van der Waals surface area (Å²) >= 11 is 0. The van der Waals surface area contributed by atoms with Crippen LogP contribution in [0.1, 0.15) is 0 Å². The van der Waals surface area contributed by atoms with Gasteiger partial charge in [0.2, 0.25) is 0 Å². The van der Waals surface area contributed by atoms with Crippen LogP contribution in [0.25, 0.3) is 88.4 Å². The molecular formula is C54H35NO2. The summed E-state index contributed by atoms with van der Waals surface area (Å²) in [5, 5.41) is 4.29. The molecule has 0 unspecified atom stereocenters. The second-order valence-corrected chi connectivity index (χ2v) is 14.5. The molecular weight excluding hydrogens is 695 g/mol. The maximum absolute atomic E-state index is 6.74. The van der Waals surface area contributed by atoms with E-state index < -0.39 is 0 Å². The average Bonchev–Trinajstić information content (AvgIpc) is 3.86. The van der Waals surface area contributed by atoms with Crippen molar-refractivity contribution in [2.24, 2.45) is 0 Å². The lowest BCUT2D eigenvalue weighted by Crippen LogP contribution is -2.10. The zero-order valence-electron chi connectivity index (χ0n) is 31.0. The van der Waals surface area contributed by atoms with Crippen molar-refractivity contribution in [2.75, 3.05) is 4.90 Å². The van der Waals surface area contributed by atoms with Crippen molar-refractivity contribution in [3.8, 4) is 44.5 Å². The predicted octanol–water partition coefficient (Wildman–Crippen LogP) is 15.6. The van der Waals surface area contributed by atoms with E-state index in [0.717, 1.165) is 88.8 Å². The van der Waals surface area contributed by atoms with Crippen LogP contribution < -0.4 is 4.90 Å². The summed E-state index contributed by atoms with van der Waals surface area (Å²) < 4.78 is 13.2. The molecule has 0 spiro atoms. The molecule has 9 aromatic carbocycles. The predicted molar refractivity (Wildman–Crippen MR) is 237 cm³/mol. The molecule has 0 aliphatic carbocycles. The van der Waals surface area contributed by atoms with Crippen LogP contribution in [0.3, 0.4) is 0 Å². The third-order valence-corrected chi connectivity index (χ3v) is 11.1. The number of hydrogen-bond acceptors (Lipinski definition) is 3. The number of anilines is 3. The molecule has 0 amide bonds. The standard InChI is InChI=1S/C54H35NO2/c1-4-12-36(13-5-1)38-20-22-39(23-21-38)40-24-27-43(28-25-40)55(44-29-33-51-48(35-44)46-30-26-42(34-52(46)56-51)37-14-6-2-7-15-37)49-32-31-45(41-16-8-3-9-17-41)54-53(49)47-18-10-11-19-50(47)57-54/h1-35H. The van der Waals surface area contributed by atoms with Crippen LogP contribution in [0.4, 0.5) is 17.1 Å². The van der Waals surface area contributed by atoms with Crippen LogP contribution in [-0.2, 0) is 0 Å². The molecule has 268 valence electrons. The molecule has 57 heavy (non-hydrogen) atoms. The lowest BCUT2D eigenvalue weighted by molar-refractivity contribution is 0.669. The Kier molecular flexibility index (Phi) is 7.82. The third-order valence-electron chi connectivity index (χ3n) is 11.1. The number of para-hydroxylation sites is 1. The average molecular weight is 730 g/mol. The molecule has 0 saturated heterocycles. The fourth-order valence-corrected chi connectivity index (χ4v) is 8.27. The highest BCUT2D eigenvalue weighted by molar-refractivity contribution is 6.17. The maximum Gasteiger partial charge on any atom is 0.145 e. The third kappa shape index (κ3) is 5.76. The Bertz CT molecular complexity index is 3200. The largest absolute Gasteiger partial charge is 0.456 e. The number of benzene rings is 9. The van der Waals surface area contributed by atoms with Crippen molar-refractivity contribution >= 4 is 60.9 Å².